The van der Waals surface area contributed by atoms with Gasteiger partial charge >= 0.3 is 5.97 Å². The number of carboxylic acid groups (broad SMARTS) is 1. The molecule has 21 heavy (non-hydrogen) atoms. The number of aromatic carboxylic acids is 1. The van der Waals surface area contributed by atoms with E-state index in [4.69, 9.17) is 9.52 Å². The van der Waals surface area contributed by atoms with Crippen LogP contribution in [-0.2, 0) is 0 Å². The molecule has 5 heteroatoms. The van der Waals surface area contributed by atoms with Gasteiger partial charge in [0.05, 0.1) is 0 Å². The normalized spacial score (nSPS) is 21.3. The van der Waals surface area contributed by atoms with Gasteiger partial charge in [-0.25, -0.2) is 4.79 Å². The summed E-state index contributed by atoms with van der Waals surface area (Å²) in [5.41, 5.74) is 0.0154. The Morgan fingerprint density at radius 2 is 1.57 bits per heavy atom. The third kappa shape index (κ3) is 3.22. The second-order valence-electron chi connectivity index (χ2n) is 6.31. The molecule has 0 atom stereocenters. The largest absolute Gasteiger partial charge is 0.476 e. The molecule has 2 aliphatic carbocycles. The maximum atomic E-state index is 11.0. The smallest absolute Gasteiger partial charge is 0.357 e. The van der Waals surface area contributed by atoms with Crippen molar-refractivity contribution in [2.45, 2.75) is 76.3 Å². The lowest BCUT2D eigenvalue weighted by atomic mass is 9.89. The molecule has 2 aliphatic rings. The summed E-state index contributed by atoms with van der Waals surface area (Å²) in [7, 11) is 0. The van der Waals surface area contributed by atoms with Gasteiger partial charge in [0.15, 0.2) is 5.69 Å². The van der Waals surface area contributed by atoms with Gasteiger partial charge in [-0.3, -0.25) is 0 Å². The van der Waals surface area contributed by atoms with Crippen LogP contribution in [0.5, 0.6) is 0 Å². The number of hydrogen-bond acceptors (Lipinski definition) is 4. The highest BCUT2D eigenvalue weighted by Gasteiger charge is 2.32. The number of carbonyl (C=O) groups is 1. The van der Waals surface area contributed by atoms with Gasteiger partial charge in [0, 0.05) is 12.1 Å². The van der Waals surface area contributed by atoms with E-state index in [-0.39, 0.29) is 5.69 Å². The molecule has 0 radical (unpaired) electrons. The topological polar surface area (TPSA) is 66.6 Å². The minimum Gasteiger partial charge on any atom is -0.476 e. The first-order valence-corrected chi connectivity index (χ1v) is 8.23. The summed E-state index contributed by atoms with van der Waals surface area (Å²) >= 11 is 0. The number of aromatic nitrogens is 1. The minimum atomic E-state index is -1.02. The van der Waals surface area contributed by atoms with Crippen molar-refractivity contribution in [2.24, 2.45) is 0 Å². The first-order chi connectivity index (χ1) is 10.3. The number of hydrogen-bond donors (Lipinski definition) is 1. The molecule has 1 aromatic heterocycles. The van der Waals surface area contributed by atoms with Crippen LogP contribution in [0.4, 0.5) is 6.01 Å². The van der Waals surface area contributed by atoms with Crippen molar-refractivity contribution in [3.05, 3.63) is 12.0 Å². The van der Waals surface area contributed by atoms with Crippen LogP contribution in [0.25, 0.3) is 0 Å². The van der Waals surface area contributed by atoms with Gasteiger partial charge in [-0.05, 0) is 25.7 Å². The van der Waals surface area contributed by atoms with Gasteiger partial charge in [-0.1, -0.05) is 38.5 Å². The van der Waals surface area contributed by atoms with Gasteiger partial charge < -0.3 is 14.4 Å². The summed E-state index contributed by atoms with van der Waals surface area (Å²) in [6, 6.07) is 1.44. The van der Waals surface area contributed by atoms with Crippen LogP contribution in [0.2, 0.25) is 0 Å². The van der Waals surface area contributed by atoms with E-state index >= 15 is 0 Å². The fourth-order valence-electron chi connectivity index (χ4n) is 3.81. The van der Waals surface area contributed by atoms with E-state index in [1.807, 2.05) is 0 Å². The van der Waals surface area contributed by atoms with Crippen molar-refractivity contribution < 1.29 is 14.3 Å². The van der Waals surface area contributed by atoms with Crippen molar-refractivity contribution in [1.82, 2.24) is 4.98 Å². The van der Waals surface area contributed by atoms with Crippen molar-refractivity contribution >= 4 is 12.0 Å². The third-order valence-electron chi connectivity index (χ3n) is 4.87. The molecular formula is C16H24N2O3. The first-order valence-electron chi connectivity index (χ1n) is 8.23. The minimum absolute atomic E-state index is 0.0154. The van der Waals surface area contributed by atoms with Crippen LogP contribution in [0.1, 0.15) is 74.7 Å². The van der Waals surface area contributed by atoms with E-state index in [1.165, 1.54) is 70.5 Å². The molecule has 3 rings (SSSR count). The molecule has 0 unspecified atom stereocenters. The Kier molecular flexibility index (Phi) is 4.46. The molecule has 0 bridgehead atoms. The van der Waals surface area contributed by atoms with Crippen molar-refractivity contribution in [3.63, 3.8) is 0 Å². The molecule has 116 valence electrons. The van der Waals surface area contributed by atoms with E-state index in [0.29, 0.717) is 18.1 Å². The summed E-state index contributed by atoms with van der Waals surface area (Å²) in [5.74, 6) is -1.02. The van der Waals surface area contributed by atoms with E-state index < -0.39 is 5.97 Å². The average Bonchev–Trinajstić information content (AvgIpc) is 3.00. The van der Waals surface area contributed by atoms with E-state index in [1.54, 1.807) is 0 Å². The molecule has 2 saturated carbocycles. The lowest BCUT2D eigenvalue weighted by Crippen LogP contribution is -2.45. The molecule has 0 aromatic carbocycles. The quantitative estimate of drug-likeness (QED) is 0.913. The summed E-state index contributed by atoms with van der Waals surface area (Å²) in [6.45, 7) is 0. The lowest BCUT2D eigenvalue weighted by molar-refractivity contribution is 0.0690. The number of carboxylic acids is 1. The highest BCUT2D eigenvalue weighted by molar-refractivity contribution is 5.85. The monoisotopic (exact) mass is 292 g/mol. The molecule has 1 aromatic rings. The Morgan fingerprint density at radius 3 is 2.00 bits per heavy atom. The van der Waals surface area contributed by atoms with Crippen LogP contribution in [0.15, 0.2) is 10.7 Å². The zero-order chi connectivity index (χ0) is 14.7. The fraction of sp³-hybridized carbons (Fsp3) is 0.750. The molecule has 1 N–H and O–H groups in total. The summed E-state index contributed by atoms with van der Waals surface area (Å²) < 4.78 is 5.53. The maximum absolute atomic E-state index is 11.0. The number of oxazole rings is 1. The Bertz CT molecular complexity index is 456. The summed E-state index contributed by atoms with van der Waals surface area (Å²) in [5, 5.41) is 9.06. The van der Waals surface area contributed by atoms with Crippen molar-refractivity contribution in [2.75, 3.05) is 4.90 Å². The Balaban J connectivity index is 1.84. The van der Waals surface area contributed by atoms with Gasteiger partial charge in [-0.15, -0.1) is 0 Å². The molecule has 5 nitrogen and oxygen atoms in total. The second-order valence-corrected chi connectivity index (χ2v) is 6.31. The second kappa shape index (κ2) is 6.50. The summed E-state index contributed by atoms with van der Waals surface area (Å²) in [4.78, 5) is 17.6. The molecule has 1 heterocycles. The summed E-state index contributed by atoms with van der Waals surface area (Å²) in [6.07, 6.45) is 13.6. The van der Waals surface area contributed by atoms with Crippen molar-refractivity contribution in [1.29, 1.82) is 0 Å². The van der Waals surface area contributed by atoms with Gasteiger partial charge in [0.2, 0.25) is 0 Å². The average molecular weight is 292 g/mol. The third-order valence-corrected chi connectivity index (χ3v) is 4.87. The number of rotatable bonds is 4. The predicted octanol–water partition coefficient (Wildman–Crippen LogP) is 3.84. The SMILES string of the molecule is O=C(O)c1coc(N(C2CCCCC2)C2CCCCC2)n1. The molecular weight excluding hydrogens is 268 g/mol. The van der Waals surface area contributed by atoms with Crippen LogP contribution in [0, 0.1) is 0 Å². The first kappa shape index (κ1) is 14.4. The lowest BCUT2D eigenvalue weighted by Gasteiger charge is -2.40. The van der Waals surface area contributed by atoms with Crippen LogP contribution in [-0.4, -0.2) is 28.1 Å². The Hall–Kier alpha value is -1.52. The fourth-order valence-corrected chi connectivity index (χ4v) is 3.81. The van der Waals surface area contributed by atoms with Gasteiger partial charge in [0.25, 0.3) is 6.01 Å². The zero-order valence-corrected chi connectivity index (χ0v) is 12.5. The molecule has 0 aliphatic heterocycles. The van der Waals surface area contributed by atoms with Crippen molar-refractivity contribution in [3.8, 4) is 0 Å². The van der Waals surface area contributed by atoms with Crippen LogP contribution in [0.3, 0.4) is 0 Å². The van der Waals surface area contributed by atoms with E-state index in [0.717, 1.165) is 0 Å². The van der Waals surface area contributed by atoms with Crippen LogP contribution < -0.4 is 4.90 Å². The number of anilines is 1. The number of nitrogens with zero attached hydrogens (tertiary/aromatic N) is 2. The van der Waals surface area contributed by atoms with E-state index in [2.05, 4.69) is 9.88 Å². The van der Waals surface area contributed by atoms with Gasteiger partial charge in [0.1, 0.15) is 6.26 Å². The molecule has 0 saturated heterocycles. The Labute approximate surface area is 125 Å². The zero-order valence-electron chi connectivity index (χ0n) is 12.5. The standard InChI is InChI=1S/C16H24N2O3/c19-15(20)14-11-21-16(17-14)18(12-7-3-1-4-8-12)13-9-5-2-6-10-13/h11-13H,1-10H2,(H,19,20). The highest BCUT2D eigenvalue weighted by Crippen LogP contribution is 2.33. The van der Waals surface area contributed by atoms with E-state index in [9.17, 15) is 4.79 Å². The molecule has 0 amide bonds. The van der Waals surface area contributed by atoms with Crippen LogP contribution >= 0.6 is 0 Å². The maximum Gasteiger partial charge on any atom is 0.357 e. The molecule has 2 fully saturated rings. The highest BCUT2D eigenvalue weighted by atomic mass is 16.4. The molecule has 0 spiro atoms. The van der Waals surface area contributed by atoms with Gasteiger partial charge in [-0.2, -0.15) is 4.98 Å². The Morgan fingerprint density at radius 1 is 1.05 bits per heavy atom. The predicted molar refractivity (Wildman–Crippen MR) is 79.7 cm³/mol.